The second-order valence-corrected chi connectivity index (χ2v) is 8.29. The zero-order valence-corrected chi connectivity index (χ0v) is 17.1. The summed E-state index contributed by atoms with van der Waals surface area (Å²) in [5.74, 6) is -1.11. The van der Waals surface area contributed by atoms with E-state index in [4.69, 9.17) is 5.11 Å². The number of carboxylic acids is 1. The van der Waals surface area contributed by atoms with Crippen molar-refractivity contribution in [2.24, 2.45) is 5.92 Å². The van der Waals surface area contributed by atoms with Crippen LogP contribution in [0.5, 0.6) is 0 Å². The summed E-state index contributed by atoms with van der Waals surface area (Å²) in [5, 5.41) is 20.4. The average molecular weight is 431 g/mol. The number of tetrazole rings is 1. The highest BCUT2D eigenvalue weighted by atomic mass is 32.1. The highest BCUT2D eigenvalue weighted by molar-refractivity contribution is 7.81. The number of hydrogen-bond donors (Lipinski definition) is 2. The van der Waals surface area contributed by atoms with Crippen LogP contribution in [0.1, 0.15) is 36.7 Å². The van der Waals surface area contributed by atoms with Gasteiger partial charge in [-0.2, -0.15) is 17.4 Å². The fraction of sp³-hybridized carbons (Fsp3) is 0.450. The van der Waals surface area contributed by atoms with Gasteiger partial charge in [-0.1, -0.05) is 18.2 Å². The number of hydrogen-bond acceptors (Lipinski definition) is 7. The minimum atomic E-state index is -1.06. The Morgan fingerprint density at radius 1 is 1.30 bits per heavy atom. The molecule has 2 atom stereocenters. The SMILES string of the molecule is O=C(O)Cn1nnc(C=C2CN(C(C(=O)C3CC3)c3ccccc3F)CCC2S)n1. The molecule has 1 saturated heterocycles. The zero-order valence-electron chi connectivity index (χ0n) is 16.2. The molecule has 1 aromatic carbocycles. The van der Waals surface area contributed by atoms with Gasteiger partial charge in [-0.15, -0.1) is 10.2 Å². The quantitative estimate of drug-likeness (QED) is 0.647. The van der Waals surface area contributed by atoms with E-state index in [1.54, 1.807) is 24.3 Å². The Hall–Kier alpha value is -2.59. The number of thiol groups is 1. The number of carbonyl (C=O) groups is 2. The van der Waals surface area contributed by atoms with E-state index in [2.05, 4.69) is 28.0 Å². The first kappa shape index (κ1) is 20.7. The summed E-state index contributed by atoms with van der Waals surface area (Å²) in [6, 6.07) is 5.79. The van der Waals surface area contributed by atoms with E-state index in [-0.39, 0.29) is 35.1 Å². The van der Waals surface area contributed by atoms with Crippen LogP contribution < -0.4 is 0 Å². The lowest BCUT2D eigenvalue weighted by Crippen LogP contribution is -2.42. The first-order chi connectivity index (χ1) is 14.4. The number of ketones is 1. The Labute approximate surface area is 178 Å². The van der Waals surface area contributed by atoms with Crippen molar-refractivity contribution in [1.82, 2.24) is 25.1 Å². The van der Waals surface area contributed by atoms with Gasteiger partial charge in [0.25, 0.3) is 0 Å². The Bertz CT molecular complexity index is 990. The van der Waals surface area contributed by atoms with E-state index in [9.17, 15) is 14.0 Å². The number of nitrogens with zero attached hydrogens (tertiary/aromatic N) is 5. The predicted molar refractivity (Wildman–Crippen MR) is 109 cm³/mol. The molecule has 8 nitrogen and oxygen atoms in total. The number of rotatable bonds is 7. The van der Waals surface area contributed by atoms with Crippen LogP contribution in [0.4, 0.5) is 4.39 Å². The summed E-state index contributed by atoms with van der Waals surface area (Å²) in [7, 11) is 0. The summed E-state index contributed by atoms with van der Waals surface area (Å²) < 4.78 is 14.6. The minimum absolute atomic E-state index is 0.00616. The van der Waals surface area contributed by atoms with Crippen LogP contribution in [-0.4, -0.2) is 60.3 Å². The van der Waals surface area contributed by atoms with Crippen LogP contribution >= 0.6 is 12.6 Å². The molecular weight excluding hydrogens is 409 g/mol. The lowest BCUT2D eigenvalue weighted by atomic mass is 9.93. The van der Waals surface area contributed by atoms with Gasteiger partial charge in [0.15, 0.2) is 18.2 Å². The molecule has 2 aromatic rings. The maximum atomic E-state index is 14.6. The molecule has 0 spiro atoms. The van der Waals surface area contributed by atoms with Crippen molar-refractivity contribution < 1.29 is 19.1 Å². The molecule has 2 fully saturated rings. The van der Waals surface area contributed by atoms with Gasteiger partial charge in [-0.3, -0.25) is 14.5 Å². The van der Waals surface area contributed by atoms with Crippen LogP contribution in [0.15, 0.2) is 29.8 Å². The number of Topliss-reactive ketones (excluding diaryl/α,β-unsaturated/α-hetero) is 1. The molecular formula is C20H22FN5O3S. The van der Waals surface area contributed by atoms with E-state index in [0.717, 1.165) is 23.2 Å². The monoisotopic (exact) mass is 431 g/mol. The fourth-order valence-electron chi connectivity index (χ4n) is 3.74. The van der Waals surface area contributed by atoms with Gasteiger partial charge < -0.3 is 5.11 Å². The van der Waals surface area contributed by atoms with Gasteiger partial charge in [0, 0.05) is 29.8 Å². The standard InChI is InChI=1S/C20H22FN5O3S/c21-15-4-2-1-3-14(15)19(20(29)12-5-6-12)25-8-7-16(30)13(10-25)9-17-22-24-26(23-17)11-18(27)28/h1-4,9,12,16,19,30H,5-8,10-11H2,(H,27,28). The number of aliphatic carboxylic acids is 1. The van der Waals surface area contributed by atoms with Gasteiger partial charge in [-0.25, -0.2) is 4.39 Å². The minimum Gasteiger partial charge on any atom is -0.480 e. The molecule has 1 aliphatic carbocycles. The fourth-order valence-corrected chi connectivity index (χ4v) is 4.01. The third-order valence-corrected chi connectivity index (χ3v) is 5.97. The van der Waals surface area contributed by atoms with Gasteiger partial charge in [0.1, 0.15) is 5.82 Å². The van der Waals surface area contributed by atoms with E-state index in [1.807, 2.05) is 4.90 Å². The molecule has 2 aliphatic rings. The molecule has 30 heavy (non-hydrogen) atoms. The molecule has 0 amide bonds. The number of carbonyl (C=O) groups excluding carboxylic acids is 1. The molecule has 158 valence electrons. The van der Waals surface area contributed by atoms with Crippen molar-refractivity contribution in [1.29, 1.82) is 0 Å². The Morgan fingerprint density at radius 3 is 2.77 bits per heavy atom. The molecule has 2 heterocycles. The Morgan fingerprint density at radius 2 is 2.07 bits per heavy atom. The molecule has 0 radical (unpaired) electrons. The number of carboxylic acid groups (broad SMARTS) is 1. The number of benzene rings is 1. The molecule has 10 heteroatoms. The van der Waals surface area contributed by atoms with Gasteiger partial charge >= 0.3 is 5.97 Å². The van der Waals surface area contributed by atoms with Crippen LogP contribution in [0.3, 0.4) is 0 Å². The van der Waals surface area contributed by atoms with E-state index >= 15 is 0 Å². The van der Waals surface area contributed by atoms with E-state index < -0.39 is 12.0 Å². The summed E-state index contributed by atoms with van der Waals surface area (Å²) in [4.78, 5) is 26.9. The van der Waals surface area contributed by atoms with Crippen molar-refractivity contribution in [2.45, 2.75) is 37.1 Å². The largest absolute Gasteiger partial charge is 0.480 e. The molecule has 4 rings (SSSR count). The van der Waals surface area contributed by atoms with Crippen molar-refractivity contribution in [3.63, 3.8) is 0 Å². The molecule has 1 saturated carbocycles. The summed E-state index contributed by atoms with van der Waals surface area (Å²) in [6.45, 7) is 0.652. The van der Waals surface area contributed by atoms with Crippen LogP contribution in [0, 0.1) is 11.7 Å². The average Bonchev–Trinajstić information content (AvgIpc) is 3.47. The third-order valence-electron chi connectivity index (χ3n) is 5.38. The Kier molecular flexibility index (Phi) is 5.96. The molecule has 0 bridgehead atoms. The third kappa shape index (κ3) is 4.59. The van der Waals surface area contributed by atoms with Crippen molar-refractivity contribution in [2.75, 3.05) is 13.1 Å². The first-order valence-electron chi connectivity index (χ1n) is 9.82. The van der Waals surface area contributed by atoms with Crippen molar-refractivity contribution >= 4 is 30.5 Å². The zero-order chi connectivity index (χ0) is 21.3. The second kappa shape index (κ2) is 8.65. The lowest BCUT2D eigenvalue weighted by molar-refractivity contribution is -0.138. The number of likely N-dealkylation sites (tertiary alicyclic amines) is 1. The smallest absolute Gasteiger partial charge is 0.327 e. The normalized spacial score (nSPS) is 22.2. The lowest BCUT2D eigenvalue weighted by Gasteiger charge is -2.37. The molecule has 2 unspecified atom stereocenters. The van der Waals surface area contributed by atoms with Crippen molar-refractivity contribution in [3.8, 4) is 0 Å². The highest BCUT2D eigenvalue weighted by Crippen LogP contribution is 2.39. The second-order valence-electron chi connectivity index (χ2n) is 7.67. The van der Waals surface area contributed by atoms with Crippen molar-refractivity contribution in [3.05, 3.63) is 47.0 Å². The number of halogens is 1. The number of aromatic nitrogens is 4. The van der Waals surface area contributed by atoms with Crippen LogP contribution in [0.25, 0.3) is 6.08 Å². The Balaban J connectivity index is 1.60. The predicted octanol–water partition coefficient (Wildman–Crippen LogP) is 2.00. The summed E-state index contributed by atoms with van der Waals surface area (Å²) >= 11 is 4.64. The van der Waals surface area contributed by atoms with Gasteiger partial charge in [-0.05, 0) is 42.2 Å². The van der Waals surface area contributed by atoms with E-state index in [1.165, 1.54) is 6.07 Å². The van der Waals surface area contributed by atoms with Gasteiger partial charge in [0.2, 0.25) is 0 Å². The molecule has 1 aliphatic heterocycles. The summed E-state index contributed by atoms with van der Waals surface area (Å²) in [5.41, 5.74) is 1.28. The molecule has 1 aromatic heterocycles. The maximum absolute atomic E-state index is 14.6. The molecule has 1 N–H and O–H groups in total. The highest BCUT2D eigenvalue weighted by Gasteiger charge is 2.40. The summed E-state index contributed by atoms with van der Waals surface area (Å²) in [6.07, 6.45) is 4.11. The van der Waals surface area contributed by atoms with E-state index in [0.29, 0.717) is 25.1 Å². The van der Waals surface area contributed by atoms with Gasteiger partial charge in [0.05, 0.1) is 6.04 Å². The maximum Gasteiger partial charge on any atom is 0.327 e. The first-order valence-corrected chi connectivity index (χ1v) is 10.3. The number of piperidine rings is 1. The topological polar surface area (TPSA) is 101 Å². The van der Waals surface area contributed by atoms with Crippen LogP contribution in [-0.2, 0) is 16.1 Å². The van der Waals surface area contributed by atoms with Crippen LogP contribution in [0.2, 0.25) is 0 Å².